The molecule has 0 spiro atoms. The summed E-state index contributed by atoms with van der Waals surface area (Å²) in [4.78, 5) is 12.3. The Balaban J connectivity index is 1.72. The van der Waals surface area contributed by atoms with Crippen molar-refractivity contribution in [2.24, 2.45) is 0 Å². The molecule has 1 amide bonds. The lowest BCUT2D eigenvalue weighted by molar-refractivity contribution is 0.102. The van der Waals surface area contributed by atoms with E-state index in [1.165, 1.54) is 11.3 Å². The topological polar surface area (TPSA) is 104 Å². The van der Waals surface area contributed by atoms with Crippen LogP contribution in [0.2, 0.25) is 0 Å². The summed E-state index contributed by atoms with van der Waals surface area (Å²) in [5, 5.41) is 28.1. The number of thioether (sulfide) groups is 1. The average Bonchev–Trinajstić information content (AvgIpc) is 3.25. The number of carbonyl (C=O) groups is 1. The second-order valence-electron chi connectivity index (χ2n) is 5.31. The Hall–Kier alpha value is -2.39. The Morgan fingerprint density at radius 2 is 2.24 bits per heavy atom. The van der Waals surface area contributed by atoms with Crippen molar-refractivity contribution in [3.05, 3.63) is 35.5 Å². The standard InChI is InChI=1S/C16H17N5O2S2/c1-3-7-24-16-21-20-15(25-16)17-14(23)12-8-11(18-19-12)10-6-4-5-9(2)13(10)22/h4-6,8,22H,3,7H2,1-2H3,(H,18,19)(H,17,20,23). The molecule has 0 saturated carbocycles. The van der Waals surface area contributed by atoms with Crippen LogP contribution in [-0.4, -0.2) is 37.2 Å². The Morgan fingerprint density at radius 1 is 1.40 bits per heavy atom. The fourth-order valence-electron chi connectivity index (χ4n) is 2.11. The minimum atomic E-state index is -0.353. The van der Waals surface area contributed by atoms with Crippen LogP contribution in [0, 0.1) is 6.92 Å². The number of aromatic nitrogens is 4. The Labute approximate surface area is 152 Å². The molecule has 0 atom stereocenters. The molecule has 0 unspecified atom stereocenters. The highest BCUT2D eigenvalue weighted by molar-refractivity contribution is 8.01. The van der Waals surface area contributed by atoms with Gasteiger partial charge in [0.15, 0.2) is 4.34 Å². The lowest BCUT2D eigenvalue weighted by atomic mass is 10.1. The van der Waals surface area contributed by atoms with Crippen LogP contribution in [0.25, 0.3) is 11.3 Å². The van der Waals surface area contributed by atoms with Crippen molar-refractivity contribution in [2.75, 3.05) is 11.1 Å². The molecule has 0 aliphatic heterocycles. The van der Waals surface area contributed by atoms with Gasteiger partial charge in [-0.25, -0.2) is 0 Å². The molecule has 3 rings (SSSR count). The molecule has 1 aromatic carbocycles. The third kappa shape index (κ3) is 3.99. The minimum absolute atomic E-state index is 0.155. The lowest BCUT2D eigenvalue weighted by Crippen LogP contribution is -2.12. The zero-order chi connectivity index (χ0) is 17.8. The molecule has 0 saturated heterocycles. The number of amides is 1. The number of rotatable bonds is 6. The van der Waals surface area contributed by atoms with Crippen LogP contribution in [0.5, 0.6) is 5.75 Å². The third-order valence-electron chi connectivity index (χ3n) is 3.39. The van der Waals surface area contributed by atoms with Crippen molar-refractivity contribution in [1.29, 1.82) is 0 Å². The molecule has 2 aromatic heterocycles. The number of aryl methyl sites for hydroxylation is 1. The zero-order valence-corrected chi connectivity index (χ0v) is 15.4. The molecule has 7 nitrogen and oxygen atoms in total. The van der Waals surface area contributed by atoms with E-state index in [9.17, 15) is 9.90 Å². The van der Waals surface area contributed by atoms with Gasteiger partial charge in [0, 0.05) is 11.3 Å². The summed E-state index contributed by atoms with van der Waals surface area (Å²) in [6.45, 7) is 3.90. The monoisotopic (exact) mass is 375 g/mol. The molecular formula is C16H17N5O2S2. The van der Waals surface area contributed by atoms with E-state index in [2.05, 4.69) is 32.6 Å². The van der Waals surface area contributed by atoms with Crippen LogP contribution < -0.4 is 5.32 Å². The van der Waals surface area contributed by atoms with Crippen LogP contribution in [-0.2, 0) is 0 Å². The number of anilines is 1. The molecule has 3 N–H and O–H groups in total. The van der Waals surface area contributed by atoms with Gasteiger partial charge in [-0.15, -0.1) is 10.2 Å². The number of hydrogen-bond acceptors (Lipinski definition) is 7. The van der Waals surface area contributed by atoms with E-state index in [0.717, 1.165) is 22.1 Å². The maximum Gasteiger partial charge on any atom is 0.275 e. The van der Waals surface area contributed by atoms with Crippen LogP contribution in [0.15, 0.2) is 28.6 Å². The van der Waals surface area contributed by atoms with E-state index in [4.69, 9.17) is 0 Å². The van der Waals surface area contributed by atoms with Gasteiger partial charge in [-0.05, 0) is 31.0 Å². The Morgan fingerprint density at radius 3 is 3.04 bits per heavy atom. The molecule has 9 heteroatoms. The first-order valence-electron chi connectivity index (χ1n) is 7.70. The molecule has 25 heavy (non-hydrogen) atoms. The van der Waals surface area contributed by atoms with Crippen LogP contribution in [0.1, 0.15) is 29.4 Å². The summed E-state index contributed by atoms with van der Waals surface area (Å²) in [6, 6.07) is 6.98. The highest BCUT2D eigenvalue weighted by Gasteiger charge is 2.16. The van der Waals surface area contributed by atoms with Gasteiger partial charge < -0.3 is 5.11 Å². The summed E-state index contributed by atoms with van der Waals surface area (Å²) < 4.78 is 0.826. The van der Waals surface area contributed by atoms with Crippen molar-refractivity contribution in [3.63, 3.8) is 0 Å². The molecule has 0 bridgehead atoms. The first kappa shape index (κ1) is 17.4. The third-order valence-corrected chi connectivity index (χ3v) is 5.57. The van der Waals surface area contributed by atoms with E-state index in [0.29, 0.717) is 16.4 Å². The van der Waals surface area contributed by atoms with Gasteiger partial charge in [-0.1, -0.05) is 42.2 Å². The maximum absolute atomic E-state index is 12.3. The first-order chi connectivity index (χ1) is 12.1. The van der Waals surface area contributed by atoms with Crippen molar-refractivity contribution >= 4 is 34.1 Å². The number of hydrogen-bond donors (Lipinski definition) is 3. The van der Waals surface area contributed by atoms with Gasteiger partial charge >= 0.3 is 0 Å². The number of phenolic OH excluding ortho intramolecular Hbond substituents is 1. The average molecular weight is 375 g/mol. The number of aromatic hydroxyl groups is 1. The number of carbonyl (C=O) groups excluding carboxylic acids is 1. The van der Waals surface area contributed by atoms with Crippen molar-refractivity contribution in [1.82, 2.24) is 20.4 Å². The smallest absolute Gasteiger partial charge is 0.275 e. The van der Waals surface area contributed by atoms with Crippen LogP contribution in [0.3, 0.4) is 0 Å². The number of aromatic amines is 1. The number of benzene rings is 1. The van der Waals surface area contributed by atoms with Gasteiger partial charge in [0.05, 0.1) is 5.69 Å². The van der Waals surface area contributed by atoms with E-state index >= 15 is 0 Å². The second kappa shape index (κ2) is 7.66. The predicted molar refractivity (Wildman–Crippen MR) is 99.3 cm³/mol. The number of para-hydroxylation sites is 1. The normalized spacial score (nSPS) is 10.8. The van der Waals surface area contributed by atoms with Crippen molar-refractivity contribution in [3.8, 4) is 17.0 Å². The number of nitrogens with zero attached hydrogens (tertiary/aromatic N) is 3. The largest absolute Gasteiger partial charge is 0.507 e. The minimum Gasteiger partial charge on any atom is -0.507 e. The van der Waals surface area contributed by atoms with Crippen LogP contribution >= 0.6 is 23.1 Å². The Kier molecular flexibility index (Phi) is 5.34. The fraction of sp³-hybridized carbons (Fsp3) is 0.250. The highest BCUT2D eigenvalue weighted by Crippen LogP contribution is 2.31. The first-order valence-corrected chi connectivity index (χ1v) is 9.50. The summed E-state index contributed by atoms with van der Waals surface area (Å²) in [5.74, 6) is 0.767. The Bertz CT molecular complexity index is 890. The molecule has 0 aliphatic rings. The van der Waals surface area contributed by atoms with Gasteiger partial charge in [0.1, 0.15) is 11.4 Å². The summed E-state index contributed by atoms with van der Waals surface area (Å²) in [5.41, 5.74) is 2.11. The van der Waals surface area contributed by atoms with Gasteiger partial charge in [0.25, 0.3) is 5.91 Å². The molecule has 0 fully saturated rings. The number of nitrogens with one attached hydrogen (secondary N) is 2. The molecule has 0 radical (unpaired) electrons. The maximum atomic E-state index is 12.3. The highest BCUT2D eigenvalue weighted by atomic mass is 32.2. The fourth-order valence-corrected chi connectivity index (χ4v) is 3.79. The molecule has 2 heterocycles. The van der Waals surface area contributed by atoms with Gasteiger partial charge in [-0.2, -0.15) is 5.10 Å². The quantitative estimate of drug-likeness (QED) is 0.448. The summed E-state index contributed by atoms with van der Waals surface area (Å²) in [7, 11) is 0. The van der Waals surface area contributed by atoms with Crippen molar-refractivity contribution in [2.45, 2.75) is 24.6 Å². The predicted octanol–water partition coefficient (Wildman–Crippen LogP) is 3.70. The molecule has 3 aromatic rings. The van der Waals surface area contributed by atoms with Gasteiger partial charge in [-0.3, -0.25) is 15.2 Å². The number of phenols is 1. The number of H-pyrrole nitrogens is 1. The van der Waals surface area contributed by atoms with E-state index in [1.807, 2.05) is 19.1 Å². The van der Waals surface area contributed by atoms with Crippen LogP contribution in [0.4, 0.5) is 5.13 Å². The lowest BCUT2D eigenvalue weighted by Gasteiger charge is -2.03. The molecule has 0 aliphatic carbocycles. The summed E-state index contributed by atoms with van der Waals surface area (Å²) >= 11 is 2.95. The summed E-state index contributed by atoms with van der Waals surface area (Å²) in [6.07, 6.45) is 1.05. The van der Waals surface area contributed by atoms with Gasteiger partial charge in [0.2, 0.25) is 5.13 Å². The van der Waals surface area contributed by atoms with Crippen molar-refractivity contribution < 1.29 is 9.90 Å². The SMILES string of the molecule is CCCSc1nnc(NC(=O)c2cc(-c3cccc(C)c3O)n[nH]2)s1. The van der Waals surface area contributed by atoms with E-state index < -0.39 is 0 Å². The molecule has 130 valence electrons. The van der Waals surface area contributed by atoms with E-state index in [-0.39, 0.29) is 17.4 Å². The molecular weight excluding hydrogens is 358 g/mol. The zero-order valence-electron chi connectivity index (χ0n) is 13.7. The van der Waals surface area contributed by atoms with E-state index in [1.54, 1.807) is 23.9 Å². The second-order valence-corrected chi connectivity index (χ2v) is 7.63.